The van der Waals surface area contributed by atoms with Crippen molar-refractivity contribution in [2.45, 2.75) is 50.4 Å². The molecule has 1 aromatic rings. The summed E-state index contributed by atoms with van der Waals surface area (Å²) in [4.78, 5) is 23.2. The minimum atomic E-state index is -0.873. The van der Waals surface area contributed by atoms with Gasteiger partial charge in [-0.25, -0.2) is 0 Å². The molecular weight excluding hydrogens is 376 g/mol. The lowest BCUT2D eigenvalue weighted by atomic mass is 9.99. The summed E-state index contributed by atoms with van der Waals surface area (Å²) in [5.41, 5.74) is 0. The summed E-state index contributed by atoms with van der Waals surface area (Å²) in [6.45, 7) is 0.0344. The van der Waals surface area contributed by atoms with Gasteiger partial charge in [0, 0.05) is 18.8 Å². The molecule has 1 fully saturated rings. The molecule has 29 heavy (non-hydrogen) atoms. The highest BCUT2D eigenvalue weighted by Gasteiger charge is 2.41. The average Bonchev–Trinajstić information content (AvgIpc) is 3.00. The van der Waals surface area contributed by atoms with Gasteiger partial charge in [0.2, 0.25) is 0 Å². The molecule has 0 bridgehead atoms. The van der Waals surface area contributed by atoms with E-state index in [0.29, 0.717) is 31.4 Å². The van der Waals surface area contributed by atoms with Crippen LogP contribution in [0.3, 0.4) is 0 Å². The Bertz CT molecular complexity index is 658. The van der Waals surface area contributed by atoms with Crippen molar-refractivity contribution >= 4 is 11.8 Å². The number of methoxy groups -OCH3 is 1. The molecular formula is C22H30O7. The maximum Gasteiger partial charge on any atom is 0.305 e. The number of ketones is 1. The monoisotopic (exact) mass is 406 g/mol. The summed E-state index contributed by atoms with van der Waals surface area (Å²) in [6, 6.07) is 9.14. The van der Waals surface area contributed by atoms with Crippen LogP contribution in [0.4, 0.5) is 0 Å². The van der Waals surface area contributed by atoms with E-state index in [-0.39, 0.29) is 31.4 Å². The van der Waals surface area contributed by atoms with Gasteiger partial charge in [0.15, 0.2) is 0 Å². The van der Waals surface area contributed by atoms with E-state index in [9.17, 15) is 19.8 Å². The number of carbonyl (C=O) groups excluding carboxylic acids is 2. The summed E-state index contributed by atoms with van der Waals surface area (Å²) in [5.74, 6) is -0.0746. The normalized spacial score (nSPS) is 22.7. The minimum absolute atomic E-state index is 0.0266. The molecule has 1 aliphatic rings. The molecule has 0 aromatic heterocycles. The number of esters is 1. The number of benzene rings is 1. The standard InChI is InChI=1S/C22H30O7/c1-27-21(26)12-8-3-2-7-11-18-19(24)13-20(25)22(18)29-15-16(23)14-28-17-9-5-4-6-10-17/h2,4-7,9-10,16,18,20,22-23,25H,3,8,11-15H2,1H3. The molecule has 1 aromatic carbocycles. The third kappa shape index (κ3) is 7.97. The molecule has 2 N–H and O–H groups in total. The number of aliphatic hydroxyl groups is 2. The second kappa shape index (κ2) is 12.4. The third-order valence-electron chi connectivity index (χ3n) is 4.80. The first-order chi connectivity index (χ1) is 14.0. The Kier molecular flexibility index (Phi) is 9.83. The Balaban J connectivity index is 1.73. The molecule has 160 valence electrons. The second-order valence-corrected chi connectivity index (χ2v) is 7.10. The van der Waals surface area contributed by atoms with Gasteiger partial charge >= 0.3 is 5.97 Å². The molecule has 1 aliphatic carbocycles. The smallest absolute Gasteiger partial charge is 0.305 e. The van der Waals surface area contributed by atoms with Gasteiger partial charge in [-0.05, 0) is 31.4 Å². The van der Waals surface area contributed by atoms with Crippen molar-refractivity contribution in [1.29, 1.82) is 0 Å². The fourth-order valence-electron chi connectivity index (χ4n) is 3.22. The second-order valence-electron chi connectivity index (χ2n) is 7.10. The fraction of sp³-hybridized carbons (Fsp3) is 0.545. The van der Waals surface area contributed by atoms with E-state index in [4.69, 9.17) is 9.47 Å². The summed E-state index contributed by atoms with van der Waals surface area (Å²) in [6.07, 6.45) is 3.67. The van der Waals surface area contributed by atoms with Crippen molar-refractivity contribution in [2.24, 2.45) is 5.92 Å². The zero-order chi connectivity index (χ0) is 21.1. The van der Waals surface area contributed by atoms with Crippen LogP contribution in [-0.4, -0.2) is 60.6 Å². The van der Waals surface area contributed by atoms with Crippen LogP contribution >= 0.6 is 0 Å². The molecule has 4 atom stereocenters. The zero-order valence-corrected chi connectivity index (χ0v) is 16.7. The molecule has 0 aliphatic heterocycles. The summed E-state index contributed by atoms with van der Waals surface area (Å²) in [5, 5.41) is 20.2. The van der Waals surface area contributed by atoms with Crippen LogP contribution in [-0.2, 0) is 19.1 Å². The van der Waals surface area contributed by atoms with Crippen molar-refractivity contribution in [3.63, 3.8) is 0 Å². The van der Waals surface area contributed by atoms with E-state index in [1.165, 1.54) is 7.11 Å². The SMILES string of the molecule is COC(=O)CCCC=CCC1C(=O)CC(O)C1OCC(O)COc1ccccc1. The molecule has 0 spiro atoms. The zero-order valence-electron chi connectivity index (χ0n) is 16.7. The highest BCUT2D eigenvalue weighted by Crippen LogP contribution is 2.29. The third-order valence-corrected chi connectivity index (χ3v) is 4.80. The minimum Gasteiger partial charge on any atom is -0.491 e. The first-order valence-electron chi connectivity index (χ1n) is 9.91. The number of rotatable bonds is 12. The van der Waals surface area contributed by atoms with Gasteiger partial charge in [0.25, 0.3) is 0 Å². The lowest BCUT2D eigenvalue weighted by molar-refractivity contribution is -0.140. The van der Waals surface area contributed by atoms with Gasteiger partial charge in [-0.2, -0.15) is 0 Å². The largest absolute Gasteiger partial charge is 0.491 e. The highest BCUT2D eigenvalue weighted by atomic mass is 16.5. The van der Waals surface area contributed by atoms with Crippen LogP contribution in [0.25, 0.3) is 0 Å². The topological polar surface area (TPSA) is 102 Å². The van der Waals surface area contributed by atoms with E-state index in [1.807, 2.05) is 30.4 Å². The van der Waals surface area contributed by atoms with Gasteiger partial charge in [-0.15, -0.1) is 0 Å². The number of carbonyl (C=O) groups is 2. The number of ether oxygens (including phenoxy) is 3. The maximum absolute atomic E-state index is 12.2. The first-order valence-corrected chi connectivity index (χ1v) is 9.91. The van der Waals surface area contributed by atoms with Crippen LogP contribution in [0, 0.1) is 5.92 Å². The van der Waals surface area contributed by atoms with E-state index < -0.39 is 24.2 Å². The van der Waals surface area contributed by atoms with E-state index in [1.54, 1.807) is 12.1 Å². The Morgan fingerprint density at radius 1 is 1.24 bits per heavy atom. The van der Waals surface area contributed by atoms with Gasteiger partial charge in [0.05, 0.1) is 25.9 Å². The molecule has 7 nitrogen and oxygen atoms in total. The molecule has 0 radical (unpaired) electrons. The predicted molar refractivity (Wildman–Crippen MR) is 106 cm³/mol. The van der Waals surface area contributed by atoms with Gasteiger partial charge in [-0.3, -0.25) is 9.59 Å². The Morgan fingerprint density at radius 3 is 2.72 bits per heavy atom. The number of hydrogen-bond donors (Lipinski definition) is 2. The molecule has 2 rings (SSSR count). The fourth-order valence-corrected chi connectivity index (χ4v) is 3.22. The number of allylic oxidation sites excluding steroid dienone is 2. The predicted octanol–water partition coefficient (Wildman–Crippen LogP) is 2.05. The van der Waals surface area contributed by atoms with E-state index >= 15 is 0 Å². The maximum atomic E-state index is 12.2. The number of unbranched alkanes of at least 4 members (excludes halogenated alkanes) is 1. The first kappa shape index (κ1) is 23.1. The van der Waals surface area contributed by atoms with E-state index in [0.717, 1.165) is 0 Å². The van der Waals surface area contributed by atoms with Gasteiger partial charge < -0.3 is 24.4 Å². The van der Waals surface area contributed by atoms with Crippen molar-refractivity contribution in [3.05, 3.63) is 42.5 Å². The van der Waals surface area contributed by atoms with Crippen molar-refractivity contribution in [2.75, 3.05) is 20.3 Å². The lowest BCUT2D eigenvalue weighted by Crippen LogP contribution is -2.34. The van der Waals surface area contributed by atoms with Crippen LogP contribution in [0.2, 0.25) is 0 Å². The Labute approximate surface area is 171 Å². The molecule has 0 heterocycles. The van der Waals surface area contributed by atoms with Crippen LogP contribution in [0.1, 0.15) is 32.1 Å². The summed E-state index contributed by atoms with van der Waals surface area (Å²) >= 11 is 0. The number of hydrogen-bond acceptors (Lipinski definition) is 7. The molecule has 7 heteroatoms. The van der Waals surface area contributed by atoms with Crippen LogP contribution in [0.5, 0.6) is 5.75 Å². The molecule has 0 amide bonds. The summed E-state index contributed by atoms with van der Waals surface area (Å²) in [7, 11) is 1.36. The average molecular weight is 406 g/mol. The number of para-hydroxylation sites is 1. The quantitative estimate of drug-likeness (QED) is 0.311. The highest BCUT2D eigenvalue weighted by molar-refractivity contribution is 5.85. The van der Waals surface area contributed by atoms with Crippen molar-refractivity contribution in [1.82, 2.24) is 0 Å². The van der Waals surface area contributed by atoms with Gasteiger partial charge in [0.1, 0.15) is 24.2 Å². The lowest BCUT2D eigenvalue weighted by Gasteiger charge is -2.22. The van der Waals surface area contributed by atoms with Gasteiger partial charge in [-0.1, -0.05) is 30.4 Å². The molecule has 4 unspecified atom stereocenters. The molecule has 0 saturated heterocycles. The van der Waals surface area contributed by atoms with Crippen molar-refractivity contribution < 1.29 is 34.0 Å². The number of Topliss-reactive ketones (excluding diaryl/α,β-unsaturated/α-hetero) is 1. The summed E-state index contributed by atoms with van der Waals surface area (Å²) < 4.78 is 15.7. The van der Waals surface area contributed by atoms with E-state index in [2.05, 4.69) is 4.74 Å². The Hall–Kier alpha value is -2.22. The Morgan fingerprint density at radius 2 is 2.00 bits per heavy atom. The molecule has 1 saturated carbocycles. The number of aliphatic hydroxyl groups excluding tert-OH is 2. The van der Waals surface area contributed by atoms with Crippen molar-refractivity contribution in [3.8, 4) is 5.75 Å². The van der Waals surface area contributed by atoms with Crippen LogP contribution < -0.4 is 4.74 Å². The van der Waals surface area contributed by atoms with Crippen LogP contribution in [0.15, 0.2) is 42.5 Å².